The van der Waals surface area contributed by atoms with Gasteiger partial charge < -0.3 is 9.80 Å². The Labute approximate surface area is 380 Å². The van der Waals surface area contributed by atoms with E-state index in [1.54, 1.807) is 24.4 Å². The molecule has 4 nitrogen and oxygen atoms in total. The Bertz CT molecular complexity index is 3820. The molecular weight excluding hydrogens is 753 g/mol. The number of hydrogen-bond donors (Lipinski definition) is 0. The highest BCUT2D eigenvalue weighted by molar-refractivity contribution is 6.09. The van der Waals surface area contributed by atoms with Gasteiger partial charge in [0.15, 0.2) is 0 Å². The van der Waals surface area contributed by atoms with Crippen molar-refractivity contribution in [3.63, 3.8) is 0 Å². The number of hydrogen-bond acceptors (Lipinski definition) is 3. The van der Waals surface area contributed by atoms with Gasteiger partial charge in [0.1, 0.15) is 12.5 Å². The molecule has 1 aliphatic rings. The first-order valence-electron chi connectivity index (χ1n) is 26.5. The van der Waals surface area contributed by atoms with Gasteiger partial charge in [0.05, 0.1) is 41.8 Å². The Hall–Kier alpha value is -7.69. The third-order valence-electron chi connectivity index (χ3n) is 11.6. The summed E-state index contributed by atoms with van der Waals surface area (Å²) < 4.78 is 111. The lowest BCUT2D eigenvalue weighted by Gasteiger charge is -2.27. The molecule has 62 heavy (non-hydrogen) atoms. The lowest BCUT2D eigenvalue weighted by molar-refractivity contribution is 0.990. The van der Waals surface area contributed by atoms with Gasteiger partial charge >= 0.3 is 0 Å². The van der Waals surface area contributed by atoms with Crippen LogP contribution in [0, 0.1) is 20.8 Å². The van der Waals surface area contributed by atoms with E-state index in [1.807, 2.05) is 128 Å². The third-order valence-corrected chi connectivity index (χ3v) is 11.6. The van der Waals surface area contributed by atoms with Crippen molar-refractivity contribution in [1.29, 1.82) is 0 Å². The van der Waals surface area contributed by atoms with E-state index in [4.69, 9.17) is 18.7 Å². The van der Waals surface area contributed by atoms with E-state index in [2.05, 4.69) is 22.8 Å². The zero-order valence-corrected chi connectivity index (χ0v) is 34.3. The summed E-state index contributed by atoms with van der Waals surface area (Å²) in [4.78, 5) is 8.59. The molecule has 0 atom stereocenters. The number of aromatic nitrogens is 2. The number of benzene rings is 8. The second-order valence-electron chi connectivity index (χ2n) is 15.6. The van der Waals surface area contributed by atoms with E-state index in [0.29, 0.717) is 34.0 Å². The maximum Gasteiger partial charge on any atom is 0.137 e. The van der Waals surface area contributed by atoms with Crippen LogP contribution in [0.2, 0.25) is 0 Å². The number of anilines is 4. The average molecular weight is 811 g/mol. The van der Waals surface area contributed by atoms with Gasteiger partial charge in [-0.2, -0.15) is 0 Å². The summed E-state index contributed by atoms with van der Waals surface area (Å²) >= 11 is 0. The Morgan fingerprint density at radius 1 is 0.548 bits per heavy atom. The molecule has 0 N–H and O–H groups in total. The van der Waals surface area contributed by atoms with E-state index in [9.17, 15) is 2.74 Å². The minimum atomic E-state index is -2.09. The van der Waals surface area contributed by atoms with Crippen molar-refractivity contribution in [2.45, 2.75) is 27.1 Å². The summed E-state index contributed by atoms with van der Waals surface area (Å²) in [7, 11) is 0. The molecule has 2 aromatic heterocycles. The monoisotopic (exact) mass is 810 g/mol. The van der Waals surface area contributed by atoms with Gasteiger partial charge in [0.25, 0.3) is 0 Å². The van der Waals surface area contributed by atoms with Gasteiger partial charge in [-0.1, -0.05) is 151 Å². The molecule has 3 heterocycles. The molecule has 10 aromatic rings. The zero-order valence-electron chi connectivity index (χ0n) is 46.3. The van der Waals surface area contributed by atoms with Gasteiger partial charge in [-0.3, -0.25) is 4.57 Å². The molecule has 298 valence electrons. The van der Waals surface area contributed by atoms with Crippen LogP contribution in [0.15, 0.2) is 200 Å². The minimum absolute atomic E-state index is 0.00850. The van der Waals surface area contributed by atoms with Gasteiger partial charge in [-0.25, -0.2) is 4.98 Å². The summed E-state index contributed by atoms with van der Waals surface area (Å²) in [6.45, 7) is 6.14. The SMILES string of the molecule is [2H]c1c([2H])c([2H])c(-c2cccc(-c3c([2H])c([2H])c([2H])c([2H])c3[2H])c2N2CN(c3cc(-c4c(C)cc(C)cc4C)cc(C([2H])([2H])c4ccc5c6ccccc6n(-c6ccccn6)c5c4)c3)c3ccccc32)c([2H])c1[2H]. The summed E-state index contributed by atoms with van der Waals surface area (Å²) in [5, 5.41) is 1.96. The van der Waals surface area contributed by atoms with Crippen LogP contribution in [0.25, 0.3) is 61.0 Å². The van der Waals surface area contributed by atoms with E-state index in [-0.39, 0.29) is 34.6 Å². The van der Waals surface area contributed by atoms with Gasteiger partial charge in [0, 0.05) is 36.5 Å². The first-order valence-corrected chi connectivity index (χ1v) is 20.5. The Balaban J connectivity index is 1.15. The smallest absolute Gasteiger partial charge is 0.137 e. The molecule has 0 aliphatic carbocycles. The fraction of sp³-hybridized carbons (Fsp3) is 0.0862. The van der Waals surface area contributed by atoms with Crippen LogP contribution in [0.5, 0.6) is 0 Å². The van der Waals surface area contributed by atoms with E-state index in [1.165, 1.54) is 0 Å². The Morgan fingerprint density at radius 3 is 1.89 bits per heavy atom. The highest BCUT2D eigenvalue weighted by atomic mass is 15.4. The lowest BCUT2D eigenvalue weighted by Crippen LogP contribution is -2.25. The zero-order chi connectivity index (χ0) is 52.2. The second-order valence-corrected chi connectivity index (χ2v) is 15.6. The number of fused-ring (bicyclic) bond motifs is 4. The van der Waals surface area contributed by atoms with Crippen molar-refractivity contribution in [2.24, 2.45) is 0 Å². The molecule has 1 aliphatic heterocycles. The normalized spacial score (nSPS) is 15.3. The molecule has 0 saturated heterocycles. The number of rotatable bonds is 8. The highest BCUT2D eigenvalue weighted by Crippen LogP contribution is 2.50. The van der Waals surface area contributed by atoms with Crippen LogP contribution in [0.3, 0.4) is 0 Å². The summed E-state index contributed by atoms with van der Waals surface area (Å²) in [5.41, 5.74) is 9.59. The topological polar surface area (TPSA) is 24.3 Å². The summed E-state index contributed by atoms with van der Waals surface area (Å²) in [5.74, 6) is 0.700. The molecule has 0 amide bonds. The van der Waals surface area contributed by atoms with Crippen LogP contribution in [-0.2, 0) is 6.37 Å². The van der Waals surface area contributed by atoms with Crippen molar-refractivity contribution < 1.29 is 16.4 Å². The first kappa shape index (κ1) is 26.5. The predicted octanol–water partition coefficient (Wildman–Crippen LogP) is 14.9. The standard InChI is InChI=1S/C58H46N4/c1-39-31-40(2)57(41(3)32-39)46-34-43(33-42-28-29-51-50-21-10-11-24-52(50)62(55(51)36-42)56-27-14-15-30-59-56)35-47(37-46)60-38-61(54-26-13-12-25-53(54)60)58-48(44-17-6-4-7-18-44)22-16-23-49(58)45-19-8-5-9-20-45/h4-32,34-37H,33,38H2,1-3H3/i4D,5D,6D,7D,8D,9D,17D,18D,19D,20D,33D2. The van der Waals surface area contributed by atoms with Crippen molar-refractivity contribution in [3.8, 4) is 39.2 Å². The maximum absolute atomic E-state index is 10.2. The molecule has 0 unspecified atom stereocenters. The molecule has 4 heteroatoms. The molecule has 0 fully saturated rings. The number of pyridine rings is 1. The quantitative estimate of drug-likeness (QED) is 0.153. The van der Waals surface area contributed by atoms with Crippen LogP contribution in [0.1, 0.15) is 44.3 Å². The second kappa shape index (κ2) is 15.4. The third kappa shape index (κ3) is 6.52. The molecular formula is C58H46N4. The molecule has 8 aromatic carbocycles. The first-order chi connectivity index (χ1) is 35.4. The van der Waals surface area contributed by atoms with Crippen LogP contribution in [-0.4, -0.2) is 16.2 Å². The lowest BCUT2D eigenvalue weighted by atomic mass is 9.91. The van der Waals surface area contributed by atoms with Crippen LogP contribution < -0.4 is 9.80 Å². The van der Waals surface area contributed by atoms with Crippen molar-refractivity contribution in [3.05, 3.63) is 228 Å². The number of para-hydroxylation sites is 4. The van der Waals surface area contributed by atoms with Gasteiger partial charge in [-0.15, -0.1) is 0 Å². The Kier molecular flexibility index (Phi) is 6.59. The highest BCUT2D eigenvalue weighted by Gasteiger charge is 2.32. The fourth-order valence-corrected chi connectivity index (χ4v) is 9.20. The molecule has 0 saturated carbocycles. The van der Waals surface area contributed by atoms with Crippen LogP contribution in [0.4, 0.5) is 22.7 Å². The van der Waals surface area contributed by atoms with E-state index in [0.717, 1.165) is 49.6 Å². The summed E-state index contributed by atoms with van der Waals surface area (Å²) in [6.07, 6.45) is -0.346. The molecule has 11 rings (SSSR count). The van der Waals surface area contributed by atoms with Crippen molar-refractivity contribution >= 4 is 44.6 Å². The summed E-state index contributed by atoms with van der Waals surface area (Å²) in [6, 6.07) is 36.6. The predicted molar refractivity (Wildman–Crippen MR) is 260 cm³/mol. The largest absolute Gasteiger partial charge is 0.321 e. The average Bonchev–Trinajstić information content (AvgIpc) is 3.95. The van der Waals surface area contributed by atoms with E-state index < -0.39 is 66.8 Å². The van der Waals surface area contributed by atoms with E-state index >= 15 is 0 Å². The van der Waals surface area contributed by atoms with Gasteiger partial charge in [0.2, 0.25) is 0 Å². The van der Waals surface area contributed by atoms with Crippen LogP contribution >= 0.6 is 0 Å². The molecule has 0 spiro atoms. The molecule has 0 bridgehead atoms. The molecule has 0 radical (unpaired) electrons. The van der Waals surface area contributed by atoms with Gasteiger partial charge in [-0.05, 0) is 120 Å². The number of aryl methyl sites for hydroxylation is 3. The van der Waals surface area contributed by atoms with Crippen molar-refractivity contribution in [2.75, 3.05) is 16.5 Å². The minimum Gasteiger partial charge on any atom is -0.321 e. The number of nitrogens with zero attached hydrogens (tertiary/aromatic N) is 4. The Morgan fingerprint density at radius 2 is 1.19 bits per heavy atom. The fourth-order valence-electron chi connectivity index (χ4n) is 9.20. The maximum atomic E-state index is 10.2. The van der Waals surface area contributed by atoms with Crippen molar-refractivity contribution in [1.82, 2.24) is 9.55 Å².